The number of benzene rings is 8. The van der Waals surface area contributed by atoms with Crippen molar-refractivity contribution in [2.45, 2.75) is 0 Å². The molecule has 0 unspecified atom stereocenters. The lowest BCUT2D eigenvalue weighted by atomic mass is 9.77. The van der Waals surface area contributed by atoms with Crippen molar-refractivity contribution in [1.82, 2.24) is 0 Å². The first-order valence-electron chi connectivity index (χ1n) is 15.8. The van der Waals surface area contributed by atoms with E-state index in [0.29, 0.717) is 0 Å². The van der Waals surface area contributed by atoms with Gasteiger partial charge in [0, 0.05) is 22.1 Å². The van der Waals surface area contributed by atoms with Crippen LogP contribution in [0.1, 0.15) is 0 Å². The topological polar surface area (TPSA) is 16.4 Å². The molecule has 0 saturated heterocycles. The highest BCUT2D eigenvalue weighted by Gasteiger charge is 2.25. The number of hydrogen-bond donors (Lipinski definition) is 0. The predicted octanol–water partition coefficient (Wildman–Crippen LogP) is 12.7. The lowest BCUT2D eigenvalue weighted by Crippen LogP contribution is -2.10. The monoisotopic (exact) mass is 585 g/mol. The van der Waals surface area contributed by atoms with E-state index in [0.717, 1.165) is 39.0 Å². The van der Waals surface area contributed by atoms with E-state index in [2.05, 4.69) is 157 Å². The molecule has 0 bridgehead atoms. The summed E-state index contributed by atoms with van der Waals surface area (Å²) in [6.45, 7) is 0. The van der Waals surface area contributed by atoms with Crippen molar-refractivity contribution in [3.8, 4) is 33.4 Å². The smallest absolute Gasteiger partial charge is 0.159 e. The van der Waals surface area contributed by atoms with Gasteiger partial charge >= 0.3 is 0 Å². The molecule has 0 aliphatic heterocycles. The summed E-state index contributed by atoms with van der Waals surface area (Å²) in [5.41, 5.74) is 12.8. The average Bonchev–Trinajstić information content (AvgIpc) is 3.50. The molecule has 46 heavy (non-hydrogen) atoms. The summed E-state index contributed by atoms with van der Waals surface area (Å²) >= 11 is 0. The van der Waals surface area contributed by atoms with Crippen molar-refractivity contribution in [2.24, 2.45) is 0 Å². The van der Waals surface area contributed by atoms with Crippen LogP contribution in [0.4, 0.5) is 17.1 Å². The molecule has 214 valence electrons. The first-order chi connectivity index (χ1) is 22.8. The van der Waals surface area contributed by atoms with Crippen molar-refractivity contribution in [1.29, 1.82) is 0 Å². The van der Waals surface area contributed by atoms with Crippen LogP contribution in [-0.4, -0.2) is 0 Å². The highest BCUT2D eigenvalue weighted by Crippen LogP contribution is 2.51. The Morgan fingerprint density at radius 2 is 0.978 bits per heavy atom. The second kappa shape index (κ2) is 9.69. The Morgan fingerprint density at radius 3 is 1.74 bits per heavy atom. The maximum atomic E-state index is 6.50. The van der Waals surface area contributed by atoms with Gasteiger partial charge in [-0.25, -0.2) is 0 Å². The van der Waals surface area contributed by atoms with E-state index in [-0.39, 0.29) is 0 Å². The van der Waals surface area contributed by atoms with Gasteiger partial charge in [0.1, 0.15) is 5.58 Å². The fourth-order valence-electron chi connectivity index (χ4n) is 7.27. The Bertz CT molecular complexity index is 2630. The lowest BCUT2D eigenvalue weighted by Gasteiger charge is -2.28. The van der Waals surface area contributed by atoms with Gasteiger partial charge in [-0.3, -0.25) is 0 Å². The molecule has 2 heteroatoms. The van der Waals surface area contributed by atoms with E-state index in [1.54, 1.807) is 0 Å². The third-order valence-electron chi connectivity index (χ3n) is 9.52. The highest BCUT2D eigenvalue weighted by atomic mass is 16.3. The molecule has 0 radical (unpaired) electrons. The summed E-state index contributed by atoms with van der Waals surface area (Å²) < 4.78 is 6.50. The third kappa shape index (κ3) is 3.77. The van der Waals surface area contributed by atoms with Crippen LogP contribution in [0.5, 0.6) is 0 Å². The van der Waals surface area contributed by atoms with Crippen molar-refractivity contribution in [3.05, 3.63) is 164 Å². The number of rotatable bonds is 4. The molecule has 0 N–H and O–H groups in total. The number of fused-ring (bicyclic) bond motifs is 9. The van der Waals surface area contributed by atoms with Gasteiger partial charge in [-0.15, -0.1) is 0 Å². The molecule has 0 amide bonds. The van der Waals surface area contributed by atoms with E-state index in [9.17, 15) is 0 Å². The Morgan fingerprint density at radius 1 is 0.370 bits per heavy atom. The minimum Gasteiger partial charge on any atom is -0.454 e. The Labute approximate surface area is 266 Å². The van der Waals surface area contributed by atoms with Crippen LogP contribution in [0.15, 0.2) is 168 Å². The van der Waals surface area contributed by atoms with E-state index in [4.69, 9.17) is 4.42 Å². The number of furan rings is 1. The minimum absolute atomic E-state index is 0.890. The second-order valence-electron chi connectivity index (χ2n) is 12.2. The first-order valence-corrected chi connectivity index (χ1v) is 15.8. The van der Waals surface area contributed by atoms with Crippen LogP contribution in [0.2, 0.25) is 0 Å². The summed E-state index contributed by atoms with van der Waals surface area (Å²) in [5.74, 6) is 0. The summed E-state index contributed by atoms with van der Waals surface area (Å²) in [7, 11) is 0. The molecule has 9 aromatic rings. The van der Waals surface area contributed by atoms with Crippen LogP contribution < -0.4 is 4.90 Å². The standard InChI is InChI=1S/C44H27NO/c1-3-10-28(11-4-1)29-18-19-30-24-38-40(26-32(30)22-29)39-25-31-20-21-35(23-33(31)27-41(38)39)45(34-12-5-2-6-13-34)42-16-9-15-37-36-14-7-8-17-43(36)46-44(37)42/h1-27H. The molecule has 0 fully saturated rings. The molecule has 1 heterocycles. The zero-order valence-corrected chi connectivity index (χ0v) is 24.9. The van der Waals surface area contributed by atoms with Crippen molar-refractivity contribution >= 4 is 60.5 Å². The number of para-hydroxylation sites is 3. The largest absolute Gasteiger partial charge is 0.454 e. The van der Waals surface area contributed by atoms with E-state index >= 15 is 0 Å². The highest BCUT2D eigenvalue weighted by molar-refractivity contribution is 6.13. The normalized spacial score (nSPS) is 11.9. The fraction of sp³-hybridized carbons (Fsp3) is 0. The zero-order chi connectivity index (χ0) is 30.2. The van der Waals surface area contributed by atoms with Gasteiger partial charge in [0.25, 0.3) is 0 Å². The SMILES string of the molecule is c1ccc(-c2ccc3cc4c(cc3c2)-c2cc3ccc(N(c5ccccc5)c5cccc6c5oc5ccccc56)cc3cc2-4)cc1. The molecule has 0 spiro atoms. The van der Waals surface area contributed by atoms with Gasteiger partial charge in [0.15, 0.2) is 5.58 Å². The van der Waals surface area contributed by atoms with Crippen molar-refractivity contribution < 1.29 is 4.42 Å². The molecule has 2 nitrogen and oxygen atoms in total. The number of hydrogen-bond acceptors (Lipinski definition) is 2. The van der Waals surface area contributed by atoms with Crippen LogP contribution >= 0.6 is 0 Å². The number of anilines is 3. The van der Waals surface area contributed by atoms with Crippen LogP contribution in [-0.2, 0) is 0 Å². The van der Waals surface area contributed by atoms with Gasteiger partial charge in [-0.1, -0.05) is 97.1 Å². The van der Waals surface area contributed by atoms with Gasteiger partial charge in [0.2, 0.25) is 0 Å². The second-order valence-corrected chi connectivity index (χ2v) is 12.2. The molecular weight excluding hydrogens is 558 g/mol. The van der Waals surface area contributed by atoms with E-state index in [1.165, 1.54) is 54.9 Å². The van der Waals surface area contributed by atoms with E-state index in [1.807, 2.05) is 12.1 Å². The van der Waals surface area contributed by atoms with Gasteiger partial charge < -0.3 is 9.32 Å². The summed E-state index contributed by atoms with van der Waals surface area (Å²) in [6, 6.07) is 59.0. The lowest BCUT2D eigenvalue weighted by molar-refractivity contribution is 0.669. The summed E-state index contributed by atoms with van der Waals surface area (Å²) in [6.07, 6.45) is 0. The molecular formula is C44H27NO. The Hall–Kier alpha value is -6.12. The first kappa shape index (κ1) is 25.2. The zero-order valence-electron chi connectivity index (χ0n) is 24.9. The maximum absolute atomic E-state index is 6.50. The van der Waals surface area contributed by atoms with Crippen molar-refractivity contribution in [3.63, 3.8) is 0 Å². The van der Waals surface area contributed by atoms with Crippen molar-refractivity contribution in [2.75, 3.05) is 4.90 Å². The Kier molecular flexibility index (Phi) is 5.31. The summed E-state index contributed by atoms with van der Waals surface area (Å²) in [5, 5.41) is 7.26. The molecule has 0 saturated carbocycles. The maximum Gasteiger partial charge on any atom is 0.159 e. The molecule has 1 aliphatic carbocycles. The molecule has 1 aromatic heterocycles. The molecule has 8 aromatic carbocycles. The van der Waals surface area contributed by atoms with Crippen LogP contribution in [0.3, 0.4) is 0 Å². The predicted molar refractivity (Wildman–Crippen MR) is 193 cm³/mol. The van der Waals surface area contributed by atoms with Gasteiger partial charge in [-0.2, -0.15) is 0 Å². The van der Waals surface area contributed by atoms with E-state index < -0.39 is 0 Å². The van der Waals surface area contributed by atoms with Crippen LogP contribution in [0.25, 0.3) is 76.9 Å². The van der Waals surface area contributed by atoms with Crippen LogP contribution in [0, 0.1) is 0 Å². The molecule has 10 rings (SSSR count). The third-order valence-corrected chi connectivity index (χ3v) is 9.52. The summed E-state index contributed by atoms with van der Waals surface area (Å²) in [4.78, 5) is 2.31. The quantitative estimate of drug-likeness (QED) is 0.204. The fourth-order valence-corrected chi connectivity index (χ4v) is 7.27. The van der Waals surface area contributed by atoms with Gasteiger partial charge in [-0.05, 0) is 122 Å². The Balaban J connectivity index is 1.10. The molecule has 0 atom stereocenters. The minimum atomic E-state index is 0.890. The molecule has 1 aliphatic rings. The number of nitrogens with zero attached hydrogens (tertiary/aromatic N) is 1. The van der Waals surface area contributed by atoms with Gasteiger partial charge in [0.05, 0.1) is 5.69 Å². The average molecular weight is 586 g/mol.